The minimum absolute atomic E-state index is 0.0896. The molecule has 0 aliphatic carbocycles. The molecule has 2 aromatic carbocycles. The normalized spacial score (nSPS) is 11.7. The van der Waals surface area contributed by atoms with E-state index in [9.17, 15) is 4.79 Å². The third-order valence-corrected chi connectivity index (χ3v) is 5.08. The lowest BCUT2D eigenvalue weighted by Crippen LogP contribution is -2.25. The molecular formula is C20H18BrN5O. The second kappa shape index (κ2) is 7.00. The number of fused-ring (bicyclic) bond motifs is 3. The summed E-state index contributed by atoms with van der Waals surface area (Å²) < 4.78 is 4.37. The van der Waals surface area contributed by atoms with Gasteiger partial charge in [-0.1, -0.05) is 42.5 Å². The zero-order valence-corrected chi connectivity index (χ0v) is 16.6. The van der Waals surface area contributed by atoms with Crippen molar-refractivity contribution < 1.29 is 0 Å². The van der Waals surface area contributed by atoms with Crippen molar-refractivity contribution in [2.45, 2.75) is 6.54 Å². The Balaban J connectivity index is 1.93. The van der Waals surface area contributed by atoms with Crippen LogP contribution in [0.5, 0.6) is 0 Å². The summed E-state index contributed by atoms with van der Waals surface area (Å²) in [5.74, 6) is 0.525. The SMILES string of the molecule is CN(C)c1c(Br)ccc2c1c(=O)n(CC=Cc1ccccc1)c1nncn21. The number of hydrogen-bond donors (Lipinski definition) is 0. The van der Waals surface area contributed by atoms with E-state index < -0.39 is 0 Å². The maximum atomic E-state index is 13.4. The molecule has 0 spiro atoms. The van der Waals surface area contributed by atoms with Crippen LogP contribution in [-0.4, -0.2) is 33.3 Å². The first-order valence-corrected chi connectivity index (χ1v) is 9.31. The van der Waals surface area contributed by atoms with E-state index in [4.69, 9.17) is 0 Å². The minimum atomic E-state index is -0.0896. The molecule has 0 unspecified atom stereocenters. The van der Waals surface area contributed by atoms with Gasteiger partial charge in [-0.05, 0) is 33.6 Å². The highest BCUT2D eigenvalue weighted by Crippen LogP contribution is 2.31. The fourth-order valence-corrected chi connectivity index (χ4v) is 3.92. The Kier molecular flexibility index (Phi) is 4.53. The van der Waals surface area contributed by atoms with Crippen LogP contribution in [0.3, 0.4) is 0 Å². The summed E-state index contributed by atoms with van der Waals surface area (Å²) in [6, 6.07) is 13.8. The first kappa shape index (κ1) is 17.5. The maximum absolute atomic E-state index is 13.4. The van der Waals surface area contributed by atoms with Gasteiger partial charge in [0.2, 0.25) is 5.78 Å². The van der Waals surface area contributed by atoms with Crippen LogP contribution in [0.4, 0.5) is 5.69 Å². The van der Waals surface area contributed by atoms with Crippen molar-refractivity contribution in [2.75, 3.05) is 19.0 Å². The van der Waals surface area contributed by atoms with Crippen molar-refractivity contribution in [3.05, 3.63) is 75.3 Å². The van der Waals surface area contributed by atoms with Crippen molar-refractivity contribution in [1.82, 2.24) is 19.2 Å². The molecule has 0 aliphatic heterocycles. The number of benzene rings is 2. The first-order valence-electron chi connectivity index (χ1n) is 8.51. The van der Waals surface area contributed by atoms with Crippen LogP contribution < -0.4 is 10.5 Å². The highest BCUT2D eigenvalue weighted by Gasteiger charge is 2.17. The Bertz CT molecular complexity index is 1210. The highest BCUT2D eigenvalue weighted by atomic mass is 79.9. The first-order chi connectivity index (χ1) is 13.1. The van der Waals surface area contributed by atoms with E-state index in [0.717, 1.165) is 21.2 Å². The molecule has 4 rings (SSSR count). The van der Waals surface area contributed by atoms with Gasteiger partial charge in [-0.3, -0.25) is 13.8 Å². The van der Waals surface area contributed by atoms with Crippen molar-refractivity contribution in [3.63, 3.8) is 0 Å². The van der Waals surface area contributed by atoms with Crippen molar-refractivity contribution in [1.29, 1.82) is 0 Å². The average molecular weight is 424 g/mol. The van der Waals surface area contributed by atoms with Crippen LogP contribution in [0.15, 0.2) is 64.1 Å². The number of allylic oxidation sites excluding steroid dienone is 1. The predicted octanol–water partition coefficient (Wildman–Crippen LogP) is 3.59. The number of hydrogen-bond acceptors (Lipinski definition) is 4. The van der Waals surface area contributed by atoms with Crippen molar-refractivity contribution in [3.8, 4) is 0 Å². The Morgan fingerprint density at radius 1 is 1.15 bits per heavy atom. The van der Waals surface area contributed by atoms with Gasteiger partial charge in [0.25, 0.3) is 5.56 Å². The number of aromatic nitrogens is 4. The Morgan fingerprint density at radius 3 is 2.67 bits per heavy atom. The van der Waals surface area contributed by atoms with E-state index >= 15 is 0 Å². The summed E-state index contributed by atoms with van der Waals surface area (Å²) in [7, 11) is 3.85. The summed E-state index contributed by atoms with van der Waals surface area (Å²) in [4.78, 5) is 15.3. The lowest BCUT2D eigenvalue weighted by Gasteiger charge is -2.18. The molecule has 0 amide bonds. The molecule has 0 N–H and O–H groups in total. The molecule has 4 aromatic rings. The molecule has 27 heavy (non-hydrogen) atoms. The van der Waals surface area contributed by atoms with E-state index in [2.05, 4.69) is 26.1 Å². The summed E-state index contributed by atoms with van der Waals surface area (Å²) in [6.45, 7) is 0.408. The fraction of sp³-hybridized carbons (Fsp3) is 0.150. The van der Waals surface area contributed by atoms with Crippen LogP contribution in [-0.2, 0) is 6.54 Å². The number of halogens is 1. The van der Waals surface area contributed by atoms with Crippen LogP contribution in [0.2, 0.25) is 0 Å². The molecule has 0 bridgehead atoms. The van der Waals surface area contributed by atoms with Crippen LogP contribution in [0.1, 0.15) is 5.56 Å². The van der Waals surface area contributed by atoms with Crippen LogP contribution >= 0.6 is 15.9 Å². The second-order valence-corrected chi connectivity index (χ2v) is 7.27. The van der Waals surface area contributed by atoms with E-state index in [-0.39, 0.29) is 5.56 Å². The smallest absolute Gasteiger partial charge is 0.265 e. The molecular weight excluding hydrogens is 406 g/mol. The van der Waals surface area contributed by atoms with Crippen molar-refractivity contribution in [2.24, 2.45) is 0 Å². The Labute approximate surface area is 164 Å². The molecule has 0 aliphatic rings. The predicted molar refractivity (Wildman–Crippen MR) is 112 cm³/mol. The Hall–Kier alpha value is -2.93. The lowest BCUT2D eigenvalue weighted by molar-refractivity contribution is 0.787. The van der Waals surface area contributed by atoms with E-state index in [0.29, 0.717) is 17.7 Å². The van der Waals surface area contributed by atoms with E-state index in [1.165, 1.54) is 0 Å². The molecule has 7 heteroatoms. The summed E-state index contributed by atoms with van der Waals surface area (Å²) >= 11 is 3.57. The quantitative estimate of drug-likeness (QED) is 0.503. The van der Waals surface area contributed by atoms with Gasteiger partial charge in [0, 0.05) is 25.1 Å². The minimum Gasteiger partial charge on any atom is -0.376 e. The van der Waals surface area contributed by atoms with Gasteiger partial charge in [-0.2, -0.15) is 0 Å². The lowest BCUT2D eigenvalue weighted by atomic mass is 10.2. The Morgan fingerprint density at radius 2 is 1.93 bits per heavy atom. The highest BCUT2D eigenvalue weighted by molar-refractivity contribution is 9.10. The van der Waals surface area contributed by atoms with Crippen molar-refractivity contribution >= 4 is 44.4 Å². The molecule has 0 saturated heterocycles. The largest absolute Gasteiger partial charge is 0.376 e. The van der Waals surface area contributed by atoms with E-state index in [1.54, 1.807) is 10.9 Å². The second-order valence-electron chi connectivity index (χ2n) is 6.41. The molecule has 2 heterocycles. The van der Waals surface area contributed by atoms with Gasteiger partial charge in [0.1, 0.15) is 6.33 Å². The molecule has 136 valence electrons. The number of anilines is 1. The van der Waals surface area contributed by atoms with Gasteiger partial charge in [0.05, 0.1) is 16.6 Å². The molecule has 6 nitrogen and oxygen atoms in total. The van der Waals surface area contributed by atoms with Gasteiger partial charge in [-0.15, -0.1) is 10.2 Å². The summed E-state index contributed by atoms with van der Waals surface area (Å²) in [6.07, 6.45) is 5.60. The van der Waals surface area contributed by atoms with Gasteiger partial charge in [0.15, 0.2) is 0 Å². The van der Waals surface area contributed by atoms with Gasteiger partial charge < -0.3 is 4.90 Å². The average Bonchev–Trinajstić information content (AvgIpc) is 3.14. The van der Waals surface area contributed by atoms with Gasteiger partial charge in [-0.25, -0.2) is 0 Å². The third kappa shape index (κ3) is 3.04. The molecule has 0 radical (unpaired) electrons. The number of nitrogens with zero attached hydrogens (tertiary/aromatic N) is 5. The van der Waals surface area contributed by atoms with Crippen LogP contribution in [0.25, 0.3) is 22.8 Å². The summed E-state index contributed by atoms with van der Waals surface area (Å²) in [5, 5.41) is 8.82. The monoisotopic (exact) mass is 423 g/mol. The zero-order chi connectivity index (χ0) is 19.0. The molecule has 0 fully saturated rings. The molecule has 0 saturated carbocycles. The third-order valence-electron chi connectivity index (χ3n) is 4.44. The number of rotatable bonds is 4. The topological polar surface area (TPSA) is 55.4 Å². The van der Waals surface area contributed by atoms with E-state index in [1.807, 2.05) is 78.0 Å². The summed E-state index contributed by atoms with van der Waals surface area (Å²) in [5.41, 5.74) is 2.62. The fourth-order valence-electron chi connectivity index (χ4n) is 3.24. The van der Waals surface area contributed by atoms with Gasteiger partial charge >= 0.3 is 0 Å². The zero-order valence-electron chi connectivity index (χ0n) is 15.0. The van der Waals surface area contributed by atoms with Crippen LogP contribution in [0, 0.1) is 0 Å². The molecule has 0 atom stereocenters. The molecule has 2 aromatic heterocycles. The standard InChI is InChI=1S/C20H18BrN5O/c1-24(2)18-15(21)10-11-16-17(18)19(27)25(20-23-22-13-26(16)20)12-6-9-14-7-4-3-5-8-14/h3-11,13H,12H2,1-2H3. The maximum Gasteiger partial charge on any atom is 0.265 e.